The van der Waals surface area contributed by atoms with Gasteiger partial charge in [-0.25, -0.2) is 0 Å². The molecule has 0 aromatic carbocycles. The summed E-state index contributed by atoms with van der Waals surface area (Å²) in [6.07, 6.45) is 9.60. The zero-order valence-electron chi connectivity index (χ0n) is 10.7. The maximum atomic E-state index is 5.49. The summed E-state index contributed by atoms with van der Waals surface area (Å²) in [6.45, 7) is 5.47. The molecule has 2 unspecified atom stereocenters. The van der Waals surface area contributed by atoms with Crippen LogP contribution < -0.4 is 5.32 Å². The molecule has 94 valence electrons. The Kier molecular flexibility index (Phi) is 5.11. The van der Waals surface area contributed by atoms with Crippen molar-refractivity contribution in [2.24, 2.45) is 11.8 Å². The van der Waals surface area contributed by atoms with Crippen molar-refractivity contribution in [3.63, 3.8) is 0 Å². The number of ether oxygens (including phenoxy) is 1. The molecule has 0 aromatic heterocycles. The van der Waals surface area contributed by atoms with Crippen LogP contribution in [0.5, 0.6) is 0 Å². The van der Waals surface area contributed by atoms with Crippen LogP contribution in [-0.4, -0.2) is 25.8 Å². The van der Waals surface area contributed by atoms with Gasteiger partial charge in [-0.1, -0.05) is 19.8 Å². The molecule has 1 aliphatic carbocycles. The molecule has 2 aliphatic rings. The lowest BCUT2D eigenvalue weighted by Crippen LogP contribution is -2.43. The average molecular weight is 225 g/mol. The van der Waals surface area contributed by atoms with Crippen LogP contribution in [0, 0.1) is 11.8 Å². The van der Waals surface area contributed by atoms with E-state index in [1.54, 1.807) is 0 Å². The topological polar surface area (TPSA) is 21.3 Å². The standard InChI is InChI=1S/C14H27NO/c1-2-9-15-14-6-4-3-5-13(14)12-7-10-16-11-8-12/h12-15H,2-11H2,1H3. The summed E-state index contributed by atoms with van der Waals surface area (Å²) >= 11 is 0. The summed E-state index contributed by atoms with van der Waals surface area (Å²) in [4.78, 5) is 0. The quantitative estimate of drug-likeness (QED) is 0.794. The highest BCUT2D eigenvalue weighted by molar-refractivity contribution is 4.86. The number of hydrogen-bond donors (Lipinski definition) is 1. The zero-order valence-corrected chi connectivity index (χ0v) is 10.7. The molecule has 2 nitrogen and oxygen atoms in total. The second-order valence-corrected chi connectivity index (χ2v) is 5.46. The van der Waals surface area contributed by atoms with E-state index in [0.29, 0.717) is 0 Å². The minimum absolute atomic E-state index is 0.803. The van der Waals surface area contributed by atoms with Gasteiger partial charge in [0.05, 0.1) is 0 Å². The lowest BCUT2D eigenvalue weighted by molar-refractivity contribution is 0.0303. The highest BCUT2D eigenvalue weighted by Gasteiger charge is 2.32. The van der Waals surface area contributed by atoms with Crippen LogP contribution in [0.25, 0.3) is 0 Å². The molecule has 2 heteroatoms. The molecule has 2 rings (SSSR count). The molecule has 1 heterocycles. The Labute approximate surface area is 100 Å². The van der Waals surface area contributed by atoms with Gasteiger partial charge in [0.1, 0.15) is 0 Å². The van der Waals surface area contributed by atoms with Gasteiger partial charge in [-0.3, -0.25) is 0 Å². The summed E-state index contributed by atoms with van der Waals surface area (Å²) < 4.78 is 5.49. The first-order valence-corrected chi connectivity index (χ1v) is 7.23. The molecule has 0 spiro atoms. The third kappa shape index (κ3) is 3.21. The highest BCUT2D eigenvalue weighted by Crippen LogP contribution is 2.35. The van der Waals surface area contributed by atoms with Crippen LogP contribution >= 0.6 is 0 Å². The Bertz CT molecular complexity index is 189. The molecule has 1 saturated heterocycles. The van der Waals surface area contributed by atoms with Gasteiger partial charge in [0, 0.05) is 19.3 Å². The Morgan fingerprint density at radius 3 is 2.56 bits per heavy atom. The summed E-state index contributed by atoms with van der Waals surface area (Å²) in [5.74, 6) is 1.87. The normalized spacial score (nSPS) is 32.8. The van der Waals surface area contributed by atoms with Crippen molar-refractivity contribution >= 4 is 0 Å². The summed E-state index contributed by atoms with van der Waals surface area (Å²) in [7, 11) is 0. The van der Waals surface area contributed by atoms with Gasteiger partial charge >= 0.3 is 0 Å². The van der Waals surface area contributed by atoms with E-state index in [2.05, 4.69) is 12.2 Å². The van der Waals surface area contributed by atoms with E-state index in [9.17, 15) is 0 Å². The van der Waals surface area contributed by atoms with Crippen molar-refractivity contribution in [2.75, 3.05) is 19.8 Å². The molecule has 1 saturated carbocycles. The van der Waals surface area contributed by atoms with Crippen LogP contribution in [0.15, 0.2) is 0 Å². The fourth-order valence-electron chi connectivity index (χ4n) is 3.45. The number of nitrogens with one attached hydrogen (secondary N) is 1. The van der Waals surface area contributed by atoms with E-state index in [1.807, 2.05) is 0 Å². The van der Waals surface area contributed by atoms with Crippen molar-refractivity contribution < 1.29 is 4.74 Å². The lowest BCUT2D eigenvalue weighted by atomic mass is 9.73. The molecule has 16 heavy (non-hydrogen) atoms. The minimum Gasteiger partial charge on any atom is -0.381 e. The Morgan fingerprint density at radius 2 is 1.81 bits per heavy atom. The summed E-state index contributed by atoms with van der Waals surface area (Å²) in [5, 5.41) is 3.78. The van der Waals surface area contributed by atoms with Crippen LogP contribution in [0.4, 0.5) is 0 Å². The minimum atomic E-state index is 0.803. The van der Waals surface area contributed by atoms with Gasteiger partial charge in [-0.05, 0) is 50.5 Å². The molecule has 1 N–H and O–H groups in total. The molecular formula is C14H27NO. The van der Waals surface area contributed by atoms with E-state index in [-0.39, 0.29) is 0 Å². The van der Waals surface area contributed by atoms with Gasteiger partial charge < -0.3 is 10.1 Å². The van der Waals surface area contributed by atoms with Crippen molar-refractivity contribution in [1.82, 2.24) is 5.32 Å². The van der Waals surface area contributed by atoms with Gasteiger partial charge in [-0.15, -0.1) is 0 Å². The first-order valence-electron chi connectivity index (χ1n) is 7.23. The first kappa shape index (κ1) is 12.4. The maximum Gasteiger partial charge on any atom is 0.0468 e. The van der Waals surface area contributed by atoms with E-state index >= 15 is 0 Å². The van der Waals surface area contributed by atoms with E-state index in [1.165, 1.54) is 51.5 Å². The lowest BCUT2D eigenvalue weighted by Gasteiger charge is -2.39. The van der Waals surface area contributed by atoms with Crippen LogP contribution in [0.2, 0.25) is 0 Å². The summed E-state index contributed by atoms with van der Waals surface area (Å²) in [5.41, 5.74) is 0. The second-order valence-electron chi connectivity index (χ2n) is 5.46. The molecule has 0 amide bonds. The first-order chi connectivity index (χ1) is 7.92. The predicted molar refractivity (Wildman–Crippen MR) is 67.6 cm³/mol. The average Bonchev–Trinajstić information content (AvgIpc) is 2.38. The monoisotopic (exact) mass is 225 g/mol. The van der Waals surface area contributed by atoms with Gasteiger partial charge in [0.2, 0.25) is 0 Å². The molecule has 2 fully saturated rings. The highest BCUT2D eigenvalue weighted by atomic mass is 16.5. The molecule has 0 radical (unpaired) electrons. The largest absolute Gasteiger partial charge is 0.381 e. The van der Waals surface area contributed by atoms with Crippen molar-refractivity contribution in [2.45, 2.75) is 57.9 Å². The van der Waals surface area contributed by atoms with E-state index in [0.717, 1.165) is 31.1 Å². The second kappa shape index (κ2) is 6.61. The van der Waals surface area contributed by atoms with E-state index in [4.69, 9.17) is 4.74 Å². The molecular weight excluding hydrogens is 198 g/mol. The van der Waals surface area contributed by atoms with Crippen molar-refractivity contribution in [1.29, 1.82) is 0 Å². The van der Waals surface area contributed by atoms with E-state index < -0.39 is 0 Å². The van der Waals surface area contributed by atoms with Crippen LogP contribution in [-0.2, 0) is 4.74 Å². The molecule has 1 aliphatic heterocycles. The molecule has 0 bridgehead atoms. The zero-order chi connectivity index (χ0) is 11.2. The van der Waals surface area contributed by atoms with Crippen molar-refractivity contribution in [3.05, 3.63) is 0 Å². The Morgan fingerprint density at radius 1 is 1.06 bits per heavy atom. The summed E-state index contributed by atoms with van der Waals surface area (Å²) in [6, 6.07) is 0.803. The van der Waals surface area contributed by atoms with Gasteiger partial charge in [0.25, 0.3) is 0 Å². The Hall–Kier alpha value is -0.0800. The van der Waals surface area contributed by atoms with Crippen molar-refractivity contribution in [3.8, 4) is 0 Å². The number of rotatable bonds is 4. The number of hydrogen-bond acceptors (Lipinski definition) is 2. The van der Waals surface area contributed by atoms with Gasteiger partial charge in [0.15, 0.2) is 0 Å². The van der Waals surface area contributed by atoms with Crippen LogP contribution in [0.1, 0.15) is 51.9 Å². The third-order valence-corrected chi connectivity index (χ3v) is 4.35. The smallest absolute Gasteiger partial charge is 0.0468 e. The maximum absolute atomic E-state index is 5.49. The predicted octanol–water partition coefficient (Wildman–Crippen LogP) is 2.97. The third-order valence-electron chi connectivity index (χ3n) is 4.35. The fourth-order valence-corrected chi connectivity index (χ4v) is 3.45. The van der Waals surface area contributed by atoms with Gasteiger partial charge in [-0.2, -0.15) is 0 Å². The SMILES string of the molecule is CCCNC1CCCCC1C1CCOCC1. The van der Waals surface area contributed by atoms with Crippen LogP contribution in [0.3, 0.4) is 0 Å². The molecule has 2 atom stereocenters. The Balaban J connectivity index is 1.86. The fraction of sp³-hybridized carbons (Fsp3) is 1.00. The molecule has 0 aromatic rings.